The maximum Gasteiger partial charge on any atom is 0.255 e. The summed E-state index contributed by atoms with van der Waals surface area (Å²) in [7, 11) is -3.44. The number of nitrogens with one attached hydrogen (secondary N) is 1. The highest BCUT2D eigenvalue weighted by molar-refractivity contribution is 7.90. The zero-order valence-electron chi connectivity index (χ0n) is 11.1. The van der Waals surface area contributed by atoms with Gasteiger partial charge < -0.3 is 11.1 Å². The molecule has 0 bridgehead atoms. The third-order valence-corrected chi connectivity index (χ3v) is 4.28. The van der Waals surface area contributed by atoms with Crippen molar-refractivity contribution in [3.05, 3.63) is 53.1 Å². The molecule has 0 heterocycles. The highest BCUT2D eigenvalue weighted by Crippen LogP contribution is 2.23. The topological polar surface area (TPSA) is 89.3 Å². The number of carbonyl (C=O) groups excluding carboxylic acids is 1. The van der Waals surface area contributed by atoms with Gasteiger partial charge in [-0.2, -0.15) is 0 Å². The van der Waals surface area contributed by atoms with Crippen LogP contribution >= 0.6 is 11.6 Å². The molecule has 0 aliphatic rings. The van der Waals surface area contributed by atoms with Crippen LogP contribution in [-0.2, 0) is 9.84 Å². The van der Waals surface area contributed by atoms with Gasteiger partial charge in [0, 0.05) is 11.8 Å². The summed E-state index contributed by atoms with van der Waals surface area (Å²) in [6.07, 6.45) is 1.08. The quantitative estimate of drug-likeness (QED) is 0.849. The predicted molar refractivity (Wildman–Crippen MR) is 83.4 cm³/mol. The van der Waals surface area contributed by atoms with E-state index < -0.39 is 15.7 Å². The first-order chi connectivity index (χ1) is 9.79. The first-order valence-corrected chi connectivity index (χ1v) is 8.21. The SMILES string of the molecule is CS(=O)(=O)c1ccccc1NC(=O)c1ccc(N)c(Cl)c1. The normalized spacial score (nSPS) is 11.1. The van der Waals surface area contributed by atoms with Crippen LogP contribution in [0.15, 0.2) is 47.4 Å². The van der Waals surface area contributed by atoms with Gasteiger partial charge in [-0.3, -0.25) is 4.79 Å². The van der Waals surface area contributed by atoms with Crippen LogP contribution in [0.5, 0.6) is 0 Å². The largest absolute Gasteiger partial charge is 0.398 e. The van der Waals surface area contributed by atoms with Crippen LogP contribution in [0.25, 0.3) is 0 Å². The summed E-state index contributed by atoms with van der Waals surface area (Å²) in [4.78, 5) is 12.2. The van der Waals surface area contributed by atoms with Crippen LogP contribution in [0.3, 0.4) is 0 Å². The van der Waals surface area contributed by atoms with Crippen LogP contribution in [0.1, 0.15) is 10.4 Å². The van der Waals surface area contributed by atoms with Gasteiger partial charge in [0.05, 0.1) is 21.3 Å². The molecule has 3 N–H and O–H groups in total. The molecule has 0 aromatic heterocycles. The van der Waals surface area contributed by atoms with Gasteiger partial charge in [0.2, 0.25) is 0 Å². The van der Waals surface area contributed by atoms with Gasteiger partial charge >= 0.3 is 0 Å². The Hall–Kier alpha value is -2.05. The fourth-order valence-corrected chi connectivity index (χ4v) is 2.78. The monoisotopic (exact) mass is 324 g/mol. The van der Waals surface area contributed by atoms with Crippen LogP contribution in [0.2, 0.25) is 5.02 Å². The van der Waals surface area contributed by atoms with Crippen LogP contribution in [-0.4, -0.2) is 20.6 Å². The number of hydrogen-bond acceptors (Lipinski definition) is 4. The van der Waals surface area contributed by atoms with Gasteiger partial charge in [-0.25, -0.2) is 8.42 Å². The lowest BCUT2D eigenvalue weighted by Gasteiger charge is -2.10. The number of amides is 1. The second-order valence-corrected chi connectivity index (χ2v) is 6.85. The van der Waals surface area contributed by atoms with Crippen LogP contribution in [0, 0.1) is 0 Å². The maximum atomic E-state index is 12.2. The minimum atomic E-state index is -3.44. The zero-order valence-corrected chi connectivity index (χ0v) is 12.7. The molecule has 2 aromatic rings. The minimum Gasteiger partial charge on any atom is -0.398 e. The smallest absolute Gasteiger partial charge is 0.255 e. The second kappa shape index (κ2) is 5.75. The average Bonchev–Trinajstić information content (AvgIpc) is 2.41. The Morgan fingerprint density at radius 2 is 1.86 bits per heavy atom. The molecule has 0 aliphatic carbocycles. The van der Waals surface area contributed by atoms with Crippen LogP contribution < -0.4 is 11.1 Å². The second-order valence-electron chi connectivity index (χ2n) is 4.46. The van der Waals surface area contributed by atoms with E-state index >= 15 is 0 Å². The minimum absolute atomic E-state index is 0.0555. The van der Waals surface area contributed by atoms with Crippen molar-refractivity contribution in [2.45, 2.75) is 4.90 Å². The van der Waals surface area contributed by atoms with Crippen molar-refractivity contribution in [2.75, 3.05) is 17.3 Å². The number of para-hydroxylation sites is 1. The van der Waals surface area contributed by atoms with Crippen molar-refractivity contribution < 1.29 is 13.2 Å². The number of sulfone groups is 1. The molecule has 0 fully saturated rings. The highest BCUT2D eigenvalue weighted by Gasteiger charge is 2.15. The van der Waals surface area contributed by atoms with E-state index in [9.17, 15) is 13.2 Å². The van der Waals surface area contributed by atoms with Gasteiger partial charge in [-0.15, -0.1) is 0 Å². The van der Waals surface area contributed by atoms with Crippen molar-refractivity contribution >= 4 is 38.7 Å². The Morgan fingerprint density at radius 1 is 1.19 bits per heavy atom. The molecule has 0 radical (unpaired) electrons. The number of hydrogen-bond donors (Lipinski definition) is 2. The molecule has 0 atom stereocenters. The molecule has 5 nitrogen and oxygen atoms in total. The summed E-state index contributed by atoms with van der Waals surface area (Å²) < 4.78 is 23.4. The molecular weight excluding hydrogens is 312 g/mol. The Balaban J connectivity index is 2.34. The van der Waals surface area contributed by atoms with Crippen molar-refractivity contribution in [3.63, 3.8) is 0 Å². The summed E-state index contributed by atoms with van der Waals surface area (Å²) in [6, 6.07) is 10.6. The first kappa shape index (κ1) is 15.3. The summed E-state index contributed by atoms with van der Waals surface area (Å²) in [5.74, 6) is -0.465. The number of anilines is 2. The Morgan fingerprint density at radius 3 is 2.48 bits per heavy atom. The predicted octanol–water partition coefficient (Wildman–Crippen LogP) is 2.58. The molecule has 0 saturated carbocycles. The molecule has 1 amide bonds. The number of nitrogen functional groups attached to an aromatic ring is 1. The number of carbonyl (C=O) groups is 1. The van der Waals surface area contributed by atoms with Crippen molar-refractivity contribution in [1.82, 2.24) is 0 Å². The lowest BCUT2D eigenvalue weighted by molar-refractivity contribution is 0.102. The molecule has 110 valence electrons. The van der Waals surface area contributed by atoms with E-state index in [0.717, 1.165) is 6.26 Å². The highest BCUT2D eigenvalue weighted by atomic mass is 35.5. The van der Waals surface area contributed by atoms with Gasteiger partial charge in [0.1, 0.15) is 0 Å². The molecule has 7 heteroatoms. The lowest BCUT2D eigenvalue weighted by atomic mass is 10.2. The molecule has 0 spiro atoms. The number of rotatable bonds is 3. The summed E-state index contributed by atoms with van der Waals surface area (Å²) >= 11 is 5.86. The average molecular weight is 325 g/mol. The van der Waals surface area contributed by atoms with E-state index in [-0.39, 0.29) is 21.2 Å². The van der Waals surface area contributed by atoms with E-state index in [2.05, 4.69) is 5.32 Å². The van der Waals surface area contributed by atoms with Gasteiger partial charge in [-0.1, -0.05) is 23.7 Å². The van der Waals surface area contributed by atoms with Crippen molar-refractivity contribution in [1.29, 1.82) is 0 Å². The molecule has 0 aliphatic heterocycles. The Kier molecular flexibility index (Phi) is 4.20. The third kappa shape index (κ3) is 3.53. The molecular formula is C14H13ClN2O3S. The number of halogens is 1. The van der Waals surface area contributed by atoms with E-state index in [1.807, 2.05) is 0 Å². The van der Waals surface area contributed by atoms with Crippen molar-refractivity contribution in [3.8, 4) is 0 Å². The van der Waals surface area contributed by atoms with Gasteiger partial charge in [-0.05, 0) is 30.3 Å². The Bertz CT molecular complexity index is 804. The lowest BCUT2D eigenvalue weighted by Crippen LogP contribution is -2.14. The van der Waals surface area contributed by atoms with E-state index in [1.54, 1.807) is 12.1 Å². The van der Waals surface area contributed by atoms with Gasteiger partial charge in [0.25, 0.3) is 5.91 Å². The molecule has 21 heavy (non-hydrogen) atoms. The maximum absolute atomic E-state index is 12.2. The summed E-state index contributed by atoms with van der Waals surface area (Å²) in [5, 5.41) is 2.83. The molecule has 2 aromatic carbocycles. The van der Waals surface area contributed by atoms with E-state index in [1.165, 1.54) is 30.3 Å². The fourth-order valence-electron chi connectivity index (χ4n) is 1.76. The van der Waals surface area contributed by atoms with Gasteiger partial charge in [0.15, 0.2) is 9.84 Å². The molecule has 0 saturated heterocycles. The van der Waals surface area contributed by atoms with E-state index in [4.69, 9.17) is 17.3 Å². The van der Waals surface area contributed by atoms with Crippen molar-refractivity contribution in [2.24, 2.45) is 0 Å². The number of nitrogens with two attached hydrogens (primary N) is 1. The zero-order chi connectivity index (χ0) is 15.6. The summed E-state index contributed by atoms with van der Waals surface area (Å²) in [5.41, 5.74) is 6.45. The van der Waals surface area contributed by atoms with E-state index in [0.29, 0.717) is 5.69 Å². The molecule has 2 rings (SSSR count). The molecule has 0 unspecified atom stereocenters. The summed E-state index contributed by atoms with van der Waals surface area (Å²) in [6.45, 7) is 0. The standard InChI is InChI=1S/C14H13ClN2O3S/c1-21(19,20)13-5-3-2-4-12(13)17-14(18)9-6-7-11(16)10(15)8-9/h2-8H,16H2,1H3,(H,17,18). The fraction of sp³-hybridized carbons (Fsp3) is 0.0714. The van der Waals surface area contributed by atoms with Crippen LogP contribution in [0.4, 0.5) is 11.4 Å². The number of benzene rings is 2. The Labute approximate surface area is 127 Å². The first-order valence-electron chi connectivity index (χ1n) is 5.94. The third-order valence-electron chi connectivity index (χ3n) is 2.80.